The molecule has 1 aromatic carbocycles. The first-order valence-corrected chi connectivity index (χ1v) is 7.72. The van der Waals surface area contributed by atoms with Crippen LogP contribution in [0.4, 0.5) is 4.39 Å². The predicted molar refractivity (Wildman–Crippen MR) is 79.6 cm³/mol. The molecule has 2 rings (SSSR count). The highest BCUT2D eigenvalue weighted by molar-refractivity contribution is 9.10. The summed E-state index contributed by atoms with van der Waals surface area (Å²) in [5.74, 6) is -1.93. The number of hydrogen-bond donors (Lipinski definition) is 1. The fourth-order valence-electron chi connectivity index (χ4n) is 2.96. The normalized spacial score (nSPS) is 21.6. The van der Waals surface area contributed by atoms with Gasteiger partial charge in [-0.3, -0.25) is 4.79 Å². The molecular weight excluding hydrogens is 341 g/mol. The molecule has 0 radical (unpaired) electrons. The number of hydrogen-bond acceptors (Lipinski definition) is 2. The van der Waals surface area contributed by atoms with E-state index in [-0.39, 0.29) is 10.0 Å². The zero-order valence-corrected chi connectivity index (χ0v) is 13.3. The van der Waals surface area contributed by atoms with E-state index in [0.29, 0.717) is 32.2 Å². The number of carbonyl (C=O) groups is 2. The largest absolute Gasteiger partial charge is 0.479 e. The third-order valence-electron chi connectivity index (χ3n) is 3.96. The average molecular weight is 358 g/mol. The number of likely N-dealkylation sites (tertiary alicyclic amines) is 1. The van der Waals surface area contributed by atoms with E-state index >= 15 is 0 Å². The first-order chi connectivity index (χ1) is 9.92. The van der Waals surface area contributed by atoms with Gasteiger partial charge in [0, 0.05) is 12.1 Å². The number of nitrogens with zero attached hydrogens (tertiary/aromatic N) is 1. The van der Waals surface area contributed by atoms with Gasteiger partial charge in [0.2, 0.25) is 0 Å². The Balaban J connectivity index is 2.36. The zero-order valence-electron chi connectivity index (χ0n) is 11.7. The lowest BCUT2D eigenvalue weighted by atomic mass is 9.90. The molecule has 6 heteroatoms. The van der Waals surface area contributed by atoms with Crippen molar-refractivity contribution in [2.24, 2.45) is 0 Å². The summed E-state index contributed by atoms with van der Waals surface area (Å²) in [7, 11) is 0. The second-order valence-corrected chi connectivity index (χ2v) is 6.13. The zero-order chi connectivity index (χ0) is 15.6. The molecule has 1 aromatic rings. The van der Waals surface area contributed by atoms with E-state index in [1.807, 2.05) is 6.92 Å². The van der Waals surface area contributed by atoms with E-state index in [2.05, 4.69) is 15.9 Å². The third kappa shape index (κ3) is 2.81. The van der Waals surface area contributed by atoms with Crippen molar-refractivity contribution in [3.8, 4) is 0 Å². The number of amides is 1. The molecule has 0 aliphatic carbocycles. The van der Waals surface area contributed by atoms with Gasteiger partial charge >= 0.3 is 5.97 Å². The van der Waals surface area contributed by atoms with Gasteiger partial charge in [0.15, 0.2) is 0 Å². The van der Waals surface area contributed by atoms with Gasteiger partial charge in [-0.05, 0) is 53.4 Å². The van der Waals surface area contributed by atoms with Crippen LogP contribution in [0.25, 0.3) is 0 Å². The van der Waals surface area contributed by atoms with Crippen LogP contribution < -0.4 is 0 Å². The summed E-state index contributed by atoms with van der Waals surface area (Å²) in [4.78, 5) is 25.7. The van der Waals surface area contributed by atoms with Crippen LogP contribution >= 0.6 is 15.9 Å². The Hall–Kier alpha value is -1.43. The molecule has 1 N–H and O–H groups in total. The van der Waals surface area contributed by atoms with E-state index in [9.17, 15) is 19.1 Å². The van der Waals surface area contributed by atoms with Crippen molar-refractivity contribution in [1.82, 2.24) is 4.90 Å². The van der Waals surface area contributed by atoms with Crippen LogP contribution in [-0.2, 0) is 4.79 Å². The molecule has 114 valence electrons. The topological polar surface area (TPSA) is 57.6 Å². The number of aliphatic carboxylic acids is 1. The molecule has 0 saturated carbocycles. The van der Waals surface area contributed by atoms with Gasteiger partial charge < -0.3 is 10.0 Å². The van der Waals surface area contributed by atoms with Gasteiger partial charge in [0.05, 0.1) is 4.47 Å². The molecule has 0 aromatic heterocycles. The lowest BCUT2D eigenvalue weighted by Crippen LogP contribution is -2.53. The van der Waals surface area contributed by atoms with Crippen LogP contribution in [0.15, 0.2) is 22.7 Å². The van der Waals surface area contributed by atoms with Crippen LogP contribution in [0.1, 0.15) is 43.0 Å². The van der Waals surface area contributed by atoms with Gasteiger partial charge in [-0.1, -0.05) is 13.3 Å². The fraction of sp³-hybridized carbons (Fsp3) is 0.467. The molecule has 1 aliphatic heterocycles. The highest BCUT2D eigenvalue weighted by atomic mass is 79.9. The summed E-state index contributed by atoms with van der Waals surface area (Å²) in [5.41, 5.74) is -0.977. The minimum Gasteiger partial charge on any atom is -0.479 e. The molecule has 0 spiro atoms. The Morgan fingerprint density at radius 1 is 1.48 bits per heavy atom. The summed E-state index contributed by atoms with van der Waals surface area (Å²) in [6.07, 6.45) is 2.18. The standard InChI is InChI=1S/C15H17BrFNO3/c1-2-6-15(14(20)21)7-3-8-18(15)13(19)10-4-5-11(16)12(17)9-10/h4-5,9H,2-3,6-8H2,1H3,(H,20,21). The second kappa shape index (κ2) is 6.13. The van der Waals surface area contributed by atoms with E-state index in [4.69, 9.17) is 0 Å². The number of carboxylic acids is 1. The van der Waals surface area contributed by atoms with Crippen molar-refractivity contribution in [1.29, 1.82) is 0 Å². The first kappa shape index (κ1) is 15.9. The minimum atomic E-state index is -1.16. The molecule has 1 atom stereocenters. The number of halogens is 2. The Morgan fingerprint density at radius 3 is 2.76 bits per heavy atom. The van der Waals surface area contributed by atoms with Crippen LogP contribution in [0.5, 0.6) is 0 Å². The number of rotatable bonds is 4. The minimum absolute atomic E-state index is 0.180. The molecule has 0 bridgehead atoms. The van der Waals surface area contributed by atoms with Crippen LogP contribution in [-0.4, -0.2) is 34.0 Å². The van der Waals surface area contributed by atoms with Crippen LogP contribution in [0, 0.1) is 5.82 Å². The highest BCUT2D eigenvalue weighted by Crippen LogP contribution is 2.35. The molecule has 1 heterocycles. The van der Waals surface area contributed by atoms with Gasteiger partial charge in [0.25, 0.3) is 5.91 Å². The summed E-state index contributed by atoms with van der Waals surface area (Å²) in [6.45, 7) is 2.29. The molecule has 1 amide bonds. The molecule has 4 nitrogen and oxygen atoms in total. The van der Waals surface area contributed by atoms with Gasteiger partial charge in [-0.15, -0.1) is 0 Å². The Bertz CT molecular complexity index is 578. The fourth-order valence-corrected chi connectivity index (χ4v) is 3.21. The third-order valence-corrected chi connectivity index (χ3v) is 4.61. The van der Waals surface area contributed by atoms with Crippen molar-refractivity contribution in [3.63, 3.8) is 0 Å². The summed E-state index contributed by atoms with van der Waals surface area (Å²) < 4.78 is 13.9. The predicted octanol–water partition coefficient (Wildman–Crippen LogP) is 3.45. The first-order valence-electron chi connectivity index (χ1n) is 6.93. The van der Waals surface area contributed by atoms with Gasteiger partial charge in [-0.2, -0.15) is 0 Å². The number of carbonyl (C=O) groups excluding carboxylic acids is 1. The molecule has 1 aliphatic rings. The maximum atomic E-state index is 13.6. The summed E-state index contributed by atoms with van der Waals surface area (Å²) in [6, 6.07) is 4.11. The van der Waals surface area contributed by atoms with Crippen LogP contribution in [0.2, 0.25) is 0 Å². The van der Waals surface area contributed by atoms with Crippen LogP contribution in [0.3, 0.4) is 0 Å². The average Bonchev–Trinajstić information content (AvgIpc) is 2.86. The van der Waals surface area contributed by atoms with Crippen molar-refractivity contribution in [3.05, 3.63) is 34.1 Å². The summed E-state index contributed by atoms with van der Waals surface area (Å²) in [5, 5.41) is 9.58. The second-order valence-electron chi connectivity index (χ2n) is 5.28. The number of carboxylic acid groups (broad SMARTS) is 1. The molecule has 21 heavy (non-hydrogen) atoms. The van der Waals surface area contributed by atoms with E-state index in [1.54, 1.807) is 0 Å². The summed E-state index contributed by atoms with van der Waals surface area (Å²) >= 11 is 3.04. The van der Waals surface area contributed by atoms with E-state index < -0.39 is 23.2 Å². The molecule has 1 unspecified atom stereocenters. The Morgan fingerprint density at radius 2 is 2.19 bits per heavy atom. The van der Waals surface area contributed by atoms with Crippen molar-refractivity contribution >= 4 is 27.8 Å². The highest BCUT2D eigenvalue weighted by Gasteiger charge is 2.49. The maximum Gasteiger partial charge on any atom is 0.329 e. The Labute approximate surface area is 131 Å². The molecule has 1 saturated heterocycles. The van der Waals surface area contributed by atoms with Crippen molar-refractivity contribution in [2.75, 3.05) is 6.54 Å². The van der Waals surface area contributed by atoms with Gasteiger partial charge in [0.1, 0.15) is 11.4 Å². The monoisotopic (exact) mass is 357 g/mol. The lowest BCUT2D eigenvalue weighted by Gasteiger charge is -2.34. The van der Waals surface area contributed by atoms with Crippen molar-refractivity contribution in [2.45, 2.75) is 38.1 Å². The lowest BCUT2D eigenvalue weighted by molar-refractivity contribution is -0.148. The Kier molecular flexibility index (Phi) is 4.66. The van der Waals surface area contributed by atoms with Crippen molar-refractivity contribution < 1.29 is 19.1 Å². The van der Waals surface area contributed by atoms with E-state index in [0.717, 1.165) is 6.07 Å². The smallest absolute Gasteiger partial charge is 0.329 e. The quantitative estimate of drug-likeness (QED) is 0.897. The molecular formula is C15H17BrFNO3. The maximum absolute atomic E-state index is 13.6. The number of benzene rings is 1. The molecule has 1 fully saturated rings. The SMILES string of the molecule is CCCC1(C(=O)O)CCCN1C(=O)c1ccc(Br)c(F)c1. The van der Waals surface area contributed by atoms with E-state index in [1.165, 1.54) is 17.0 Å². The van der Waals surface area contributed by atoms with Gasteiger partial charge in [-0.25, -0.2) is 9.18 Å².